The second-order valence-corrected chi connectivity index (χ2v) is 8.10. The maximum Gasteiger partial charge on any atom is 0.155 e. The third-order valence-electron chi connectivity index (χ3n) is 6.02. The van der Waals surface area contributed by atoms with Crippen molar-refractivity contribution in [3.8, 4) is 22.5 Å². The molecule has 0 fully saturated rings. The summed E-state index contributed by atoms with van der Waals surface area (Å²) in [7, 11) is 1.91. The molecule has 4 aromatic rings. The van der Waals surface area contributed by atoms with Gasteiger partial charge >= 0.3 is 0 Å². The Kier molecular flexibility index (Phi) is 4.90. The molecule has 6 nitrogen and oxygen atoms in total. The Labute approximate surface area is 180 Å². The van der Waals surface area contributed by atoms with Crippen molar-refractivity contribution in [1.82, 2.24) is 19.7 Å². The third-order valence-corrected chi connectivity index (χ3v) is 6.02. The lowest BCUT2D eigenvalue weighted by molar-refractivity contribution is -0.115. The lowest BCUT2D eigenvalue weighted by Gasteiger charge is -2.24. The van der Waals surface area contributed by atoms with E-state index in [2.05, 4.69) is 22.7 Å². The van der Waals surface area contributed by atoms with Gasteiger partial charge in [0, 0.05) is 54.1 Å². The summed E-state index contributed by atoms with van der Waals surface area (Å²) in [6.45, 7) is 3.64. The predicted molar refractivity (Wildman–Crippen MR) is 121 cm³/mol. The van der Waals surface area contributed by atoms with Gasteiger partial charge in [0.05, 0.1) is 12.5 Å². The van der Waals surface area contributed by atoms with Crippen LogP contribution in [0.4, 0.5) is 0 Å². The van der Waals surface area contributed by atoms with Gasteiger partial charge in [-0.15, -0.1) is 0 Å². The fourth-order valence-electron chi connectivity index (χ4n) is 4.57. The molecule has 4 aromatic heterocycles. The zero-order valence-corrected chi connectivity index (χ0v) is 17.5. The van der Waals surface area contributed by atoms with E-state index in [0.29, 0.717) is 12.3 Å². The molecule has 5 rings (SSSR count). The molecule has 1 unspecified atom stereocenters. The lowest BCUT2D eigenvalue weighted by atomic mass is 9.80. The van der Waals surface area contributed by atoms with Crippen LogP contribution in [0.3, 0.4) is 0 Å². The number of furan rings is 1. The summed E-state index contributed by atoms with van der Waals surface area (Å²) >= 11 is 0. The fraction of sp³-hybridized carbons (Fsp3) is 0.240. The van der Waals surface area contributed by atoms with Gasteiger partial charge in [0.25, 0.3) is 0 Å². The summed E-state index contributed by atoms with van der Waals surface area (Å²) in [5.41, 5.74) is 6.24. The molecular weight excluding hydrogens is 388 g/mol. The van der Waals surface area contributed by atoms with E-state index in [0.717, 1.165) is 58.3 Å². The van der Waals surface area contributed by atoms with Crippen molar-refractivity contribution >= 4 is 22.4 Å². The number of pyridine rings is 1. The van der Waals surface area contributed by atoms with Gasteiger partial charge in [-0.3, -0.25) is 9.48 Å². The van der Waals surface area contributed by atoms with Gasteiger partial charge in [-0.05, 0) is 54.5 Å². The lowest BCUT2D eigenvalue weighted by Crippen LogP contribution is -2.11. The first kappa shape index (κ1) is 19.3. The molecule has 6 heteroatoms. The minimum atomic E-state index is 0.108. The van der Waals surface area contributed by atoms with Crippen molar-refractivity contribution in [2.24, 2.45) is 13.0 Å². The maximum atomic E-state index is 12.0. The first-order chi connectivity index (χ1) is 15.1. The zero-order valence-electron chi connectivity index (χ0n) is 17.5. The second-order valence-electron chi connectivity index (χ2n) is 8.10. The minimum Gasteiger partial charge on any atom is -0.464 e. The average Bonchev–Trinajstić information content (AvgIpc) is 3.53. The second kappa shape index (κ2) is 7.87. The molecule has 1 N–H and O–H groups in total. The molecule has 1 atom stereocenters. The van der Waals surface area contributed by atoms with Crippen molar-refractivity contribution in [1.29, 1.82) is 0 Å². The number of carbonyl (C=O) groups is 1. The highest BCUT2D eigenvalue weighted by Gasteiger charge is 2.25. The summed E-state index contributed by atoms with van der Waals surface area (Å²) in [6, 6.07) is 3.85. The fourth-order valence-corrected chi connectivity index (χ4v) is 4.57. The Balaban J connectivity index is 1.70. The van der Waals surface area contributed by atoms with Crippen LogP contribution in [0.15, 0.2) is 66.3 Å². The van der Waals surface area contributed by atoms with Gasteiger partial charge in [-0.25, -0.2) is 4.98 Å². The molecular formula is C25H24N4O2. The van der Waals surface area contributed by atoms with Gasteiger partial charge in [0.15, 0.2) is 5.78 Å². The monoisotopic (exact) mass is 412 g/mol. The number of nitrogens with zero attached hydrogens (tertiary/aromatic N) is 3. The van der Waals surface area contributed by atoms with Gasteiger partial charge in [-0.1, -0.05) is 12.7 Å². The molecule has 0 radical (unpaired) electrons. The quantitative estimate of drug-likeness (QED) is 0.421. The first-order valence-corrected chi connectivity index (χ1v) is 10.5. The van der Waals surface area contributed by atoms with Crippen LogP contribution in [0.25, 0.3) is 39.1 Å². The van der Waals surface area contributed by atoms with E-state index >= 15 is 0 Å². The number of fused-ring (bicyclic) bond motifs is 1. The highest BCUT2D eigenvalue weighted by atomic mass is 16.3. The van der Waals surface area contributed by atoms with E-state index in [1.54, 1.807) is 10.9 Å². The number of aryl methyl sites for hydroxylation is 1. The van der Waals surface area contributed by atoms with Crippen molar-refractivity contribution in [3.05, 3.63) is 67.5 Å². The third kappa shape index (κ3) is 3.54. The molecule has 0 amide bonds. The molecule has 0 saturated carbocycles. The van der Waals surface area contributed by atoms with Crippen LogP contribution in [-0.2, 0) is 11.8 Å². The van der Waals surface area contributed by atoms with E-state index in [-0.39, 0.29) is 5.78 Å². The Hall–Kier alpha value is -3.67. The average molecular weight is 412 g/mol. The van der Waals surface area contributed by atoms with Crippen LogP contribution in [0, 0.1) is 5.92 Å². The summed E-state index contributed by atoms with van der Waals surface area (Å²) in [6.07, 6.45) is 16.5. The number of hydrogen-bond donors (Lipinski definition) is 1. The number of ketones is 1. The van der Waals surface area contributed by atoms with Gasteiger partial charge < -0.3 is 9.40 Å². The number of rotatable bonds is 6. The van der Waals surface area contributed by atoms with Crippen LogP contribution < -0.4 is 0 Å². The van der Waals surface area contributed by atoms with E-state index in [1.807, 2.05) is 44.0 Å². The van der Waals surface area contributed by atoms with E-state index in [1.165, 1.54) is 11.6 Å². The van der Waals surface area contributed by atoms with Crippen LogP contribution in [0.2, 0.25) is 0 Å². The summed E-state index contributed by atoms with van der Waals surface area (Å²) in [5, 5.41) is 5.41. The Morgan fingerprint density at radius 2 is 2.29 bits per heavy atom. The molecule has 1 aliphatic rings. The standard InChI is InChI=1S/C25H24N4O2/c1-3-19(30)11-16-6-4-7-17(10-16)23-20(18-12-28-29(2)15-18)13-26-25-24(23)21(14-27-25)22-8-5-9-31-22/h3,5,7-9,12-16H,1,4,6,10-11H2,2H3,(H,26,27). The van der Waals surface area contributed by atoms with Crippen LogP contribution in [0.5, 0.6) is 0 Å². The molecule has 0 aliphatic heterocycles. The number of allylic oxidation sites excluding steroid dienone is 3. The van der Waals surface area contributed by atoms with Crippen molar-refractivity contribution in [2.75, 3.05) is 0 Å². The highest BCUT2D eigenvalue weighted by molar-refractivity contribution is 6.05. The maximum absolute atomic E-state index is 12.0. The Morgan fingerprint density at radius 1 is 1.39 bits per heavy atom. The van der Waals surface area contributed by atoms with Crippen molar-refractivity contribution < 1.29 is 9.21 Å². The van der Waals surface area contributed by atoms with E-state index in [4.69, 9.17) is 9.40 Å². The summed E-state index contributed by atoms with van der Waals surface area (Å²) in [4.78, 5) is 20.0. The van der Waals surface area contributed by atoms with E-state index < -0.39 is 0 Å². The smallest absolute Gasteiger partial charge is 0.155 e. The molecule has 0 saturated heterocycles. The summed E-state index contributed by atoms with van der Waals surface area (Å²) < 4.78 is 7.53. The molecule has 0 aromatic carbocycles. The molecule has 156 valence electrons. The SMILES string of the molecule is C=CC(=O)CC1CCC=C(c2c(-c3cnn(C)c3)cnc3[nH]cc(-c4ccco4)c23)C1. The van der Waals surface area contributed by atoms with Gasteiger partial charge in [0.1, 0.15) is 11.4 Å². The number of aromatic amines is 1. The first-order valence-electron chi connectivity index (χ1n) is 10.5. The molecule has 31 heavy (non-hydrogen) atoms. The van der Waals surface area contributed by atoms with Crippen LogP contribution >= 0.6 is 0 Å². The normalized spacial score (nSPS) is 16.4. The van der Waals surface area contributed by atoms with Gasteiger partial charge in [0.2, 0.25) is 0 Å². The van der Waals surface area contributed by atoms with Crippen molar-refractivity contribution in [2.45, 2.75) is 25.7 Å². The molecule has 4 heterocycles. The largest absolute Gasteiger partial charge is 0.464 e. The minimum absolute atomic E-state index is 0.108. The van der Waals surface area contributed by atoms with Gasteiger partial charge in [-0.2, -0.15) is 5.10 Å². The topological polar surface area (TPSA) is 76.7 Å². The Morgan fingerprint density at radius 3 is 3.03 bits per heavy atom. The molecule has 0 spiro atoms. The molecule has 0 bridgehead atoms. The molecule has 1 aliphatic carbocycles. The number of carbonyl (C=O) groups excluding carboxylic acids is 1. The number of nitrogens with one attached hydrogen (secondary N) is 1. The number of hydrogen-bond acceptors (Lipinski definition) is 4. The highest BCUT2D eigenvalue weighted by Crippen LogP contribution is 2.43. The zero-order chi connectivity index (χ0) is 21.4. The van der Waals surface area contributed by atoms with Crippen molar-refractivity contribution in [3.63, 3.8) is 0 Å². The summed E-state index contributed by atoms with van der Waals surface area (Å²) in [5.74, 6) is 1.21. The van der Waals surface area contributed by atoms with Crippen LogP contribution in [0.1, 0.15) is 31.2 Å². The number of aromatic nitrogens is 4. The predicted octanol–water partition coefficient (Wildman–Crippen LogP) is 5.55. The van der Waals surface area contributed by atoms with E-state index in [9.17, 15) is 4.79 Å². The van der Waals surface area contributed by atoms with Crippen LogP contribution in [-0.4, -0.2) is 25.5 Å². The number of H-pyrrole nitrogens is 1. The Bertz CT molecular complexity index is 1290.